The van der Waals surface area contributed by atoms with Crippen LogP contribution in [0.3, 0.4) is 0 Å². The molecule has 198 valence electrons. The molecule has 3 heterocycles. The first-order chi connectivity index (χ1) is 18.4. The Morgan fingerprint density at radius 1 is 1.13 bits per heavy atom. The van der Waals surface area contributed by atoms with Gasteiger partial charge < -0.3 is 18.9 Å². The van der Waals surface area contributed by atoms with Crippen LogP contribution in [0.4, 0.5) is 5.69 Å². The third kappa shape index (κ3) is 3.13. The number of rotatable bonds is 6. The summed E-state index contributed by atoms with van der Waals surface area (Å²) in [7, 11) is 4.74. The Morgan fingerprint density at radius 3 is 2.61 bits per heavy atom. The zero-order chi connectivity index (χ0) is 26.7. The van der Waals surface area contributed by atoms with Crippen molar-refractivity contribution < 1.29 is 28.5 Å². The molecule has 3 bridgehead atoms. The van der Waals surface area contributed by atoms with Gasteiger partial charge in [-0.3, -0.25) is 14.7 Å². The monoisotopic (exact) mass is 516 g/mol. The average molecular weight is 517 g/mol. The summed E-state index contributed by atoms with van der Waals surface area (Å²) in [5, 5.41) is 0. The van der Waals surface area contributed by atoms with Crippen molar-refractivity contribution in [1.82, 2.24) is 4.90 Å². The van der Waals surface area contributed by atoms with Crippen molar-refractivity contribution >= 4 is 23.3 Å². The molecule has 2 saturated heterocycles. The molecule has 0 spiro atoms. The molecule has 1 aliphatic carbocycles. The number of methoxy groups -OCH3 is 3. The summed E-state index contributed by atoms with van der Waals surface area (Å²) in [6.45, 7) is 2.50. The predicted molar refractivity (Wildman–Crippen MR) is 141 cm³/mol. The van der Waals surface area contributed by atoms with Gasteiger partial charge in [0, 0.05) is 31.7 Å². The van der Waals surface area contributed by atoms with Gasteiger partial charge in [0.1, 0.15) is 24.0 Å². The first-order valence-corrected chi connectivity index (χ1v) is 13.0. The van der Waals surface area contributed by atoms with E-state index in [4.69, 9.17) is 23.9 Å². The fourth-order valence-electron chi connectivity index (χ4n) is 7.51. The Balaban J connectivity index is 1.60. The van der Waals surface area contributed by atoms with Crippen LogP contribution in [0.15, 0.2) is 65.2 Å². The highest BCUT2D eigenvalue weighted by Gasteiger charge is 2.75. The second kappa shape index (κ2) is 9.06. The summed E-state index contributed by atoms with van der Waals surface area (Å²) >= 11 is 0. The van der Waals surface area contributed by atoms with E-state index >= 15 is 0 Å². The van der Waals surface area contributed by atoms with Crippen molar-refractivity contribution in [1.29, 1.82) is 0 Å². The van der Waals surface area contributed by atoms with Crippen molar-refractivity contribution in [3.8, 4) is 5.75 Å². The number of ether oxygens (including phenoxy) is 4. The lowest BCUT2D eigenvalue weighted by atomic mass is 9.43. The molecule has 4 aliphatic rings. The summed E-state index contributed by atoms with van der Waals surface area (Å²) in [6, 6.07) is 14.6. The predicted octanol–water partition coefficient (Wildman–Crippen LogP) is 4.06. The van der Waals surface area contributed by atoms with E-state index in [2.05, 4.69) is 11.0 Å². The minimum Gasteiger partial charge on any atom is -0.497 e. The van der Waals surface area contributed by atoms with Crippen LogP contribution in [0.5, 0.6) is 5.75 Å². The van der Waals surface area contributed by atoms with Gasteiger partial charge in [0.05, 0.1) is 36.9 Å². The summed E-state index contributed by atoms with van der Waals surface area (Å²) in [4.78, 5) is 35.1. The highest BCUT2D eigenvalue weighted by atomic mass is 16.5. The SMILES string of the molecule is C/C=C1/CN2C3C[C@@H]1[C@@](COC(=O)c1ccccc1)(C(=O)OC)[C@@]1(C[C@@H]2OC)C3=Nc2ccc(OC)cc21. The lowest BCUT2D eigenvalue weighted by Crippen LogP contribution is -2.77. The zero-order valence-electron chi connectivity index (χ0n) is 22.1. The highest BCUT2D eigenvalue weighted by molar-refractivity contribution is 6.11. The quantitative estimate of drug-likeness (QED) is 0.423. The Morgan fingerprint density at radius 2 is 1.92 bits per heavy atom. The van der Waals surface area contributed by atoms with Crippen molar-refractivity contribution in [2.24, 2.45) is 16.3 Å². The fourth-order valence-corrected chi connectivity index (χ4v) is 7.51. The second-order valence-electron chi connectivity index (χ2n) is 10.4. The van der Waals surface area contributed by atoms with E-state index in [0.29, 0.717) is 30.7 Å². The standard InChI is InChI=1S/C30H32N2O6/c1-5-18-16-32-24-14-21(18)30(28(34)37-4,17-38-27(33)19-9-7-6-8-10-19)29(15-25(32)36-3)22-13-20(35-2)11-12-23(22)31-26(24)29/h5-13,21,24-25H,14-17H2,1-4H3/b18-5-/t21-,24?,25-,29+,30-/m0/s1. The van der Waals surface area contributed by atoms with E-state index in [1.807, 2.05) is 31.2 Å². The molecule has 6 rings (SSSR count). The van der Waals surface area contributed by atoms with Gasteiger partial charge in [0.2, 0.25) is 0 Å². The van der Waals surface area contributed by atoms with E-state index in [1.165, 1.54) is 7.11 Å². The summed E-state index contributed by atoms with van der Waals surface area (Å²) in [6.07, 6.45) is 2.95. The van der Waals surface area contributed by atoms with Crippen LogP contribution in [0.1, 0.15) is 35.7 Å². The number of carbonyl (C=O) groups is 2. The van der Waals surface area contributed by atoms with Crippen LogP contribution < -0.4 is 4.74 Å². The van der Waals surface area contributed by atoms with Crippen LogP contribution in [0.2, 0.25) is 0 Å². The summed E-state index contributed by atoms with van der Waals surface area (Å²) < 4.78 is 23.4. The van der Waals surface area contributed by atoms with E-state index in [-0.39, 0.29) is 24.8 Å². The molecule has 0 radical (unpaired) electrons. The molecular formula is C30H32N2O6. The molecule has 3 aliphatic heterocycles. The maximum Gasteiger partial charge on any atom is 0.338 e. The molecule has 2 aromatic carbocycles. The molecule has 1 unspecified atom stereocenters. The van der Waals surface area contributed by atoms with Gasteiger partial charge in [-0.15, -0.1) is 0 Å². The molecule has 0 aromatic heterocycles. The number of aliphatic imine (C=N–C) groups is 1. The maximum absolute atomic E-state index is 14.3. The van der Waals surface area contributed by atoms with Gasteiger partial charge in [0.25, 0.3) is 0 Å². The van der Waals surface area contributed by atoms with Gasteiger partial charge in [-0.2, -0.15) is 0 Å². The van der Waals surface area contributed by atoms with Crippen LogP contribution in [0, 0.1) is 11.3 Å². The lowest BCUT2D eigenvalue weighted by Gasteiger charge is -2.65. The summed E-state index contributed by atoms with van der Waals surface area (Å²) in [5.74, 6) is -0.422. The third-order valence-corrected chi connectivity index (χ3v) is 9.17. The smallest absolute Gasteiger partial charge is 0.338 e. The minimum atomic E-state index is -1.25. The fraction of sp³-hybridized carbons (Fsp3) is 0.433. The molecule has 5 atom stereocenters. The number of esters is 2. The van der Waals surface area contributed by atoms with Crippen molar-refractivity contribution in [2.75, 3.05) is 34.5 Å². The van der Waals surface area contributed by atoms with Crippen molar-refractivity contribution in [3.05, 3.63) is 71.3 Å². The number of hydrogen-bond acceptors (Lipinski definition) is 8. The van der Waals surface area contributed by atoms with E-state index in [0.717, 1.165) is 22.5 Å². The topological polar surface area (TPSA) is 86.7 Å². The number of fused-ring (bicyclic) bond motifs is 2. The van der Waals surface area contributed by atoms with Crippen LogP contribution in [-0.4, -0.2) is 69.3 Å². The maximum atomic E-state index is 14.3. The van der Waals surface area contributed by atoms with Gasteiger partial charge in [0.15, 0.2) is 0 Å². The molecule has 2 aromatic rings. The van der Waals surface area contributed by atoms with Gasteiger partial charge >= 0.3 is 11.9 Å². The molecule has 1 saturated carbocycles. The van der Waals surface area contributed by atoms with Crippen LogP contribution in [0.25, 0.3) is 0 Å². The number of nitrogens with zero attached hydrogens (tertiary/aromatic N) is 2. The Kier molecular flexibility index (Phi) is 5.92. The van der Waals surface area contributed by atoms with E-state index in [9.17, 15) is 9.59 Å². The third-order valence-electron chi connectivity index (χ3n) is 9.17. The van der Waals surface area contributed by atoms with Crippen LogP contribution in [-0.2, 0) is 24.4 Å². The zero-order valence-corrected chi connectivity index (χ0v) is 22.1. The van der Waals surface area contributed by atoms with Crippen LogP contribution >= 0.6 is 0 Å². The normalized spacial score (nSPS) is 31.8. The second-order valence-corrected chi connectivity index (χ2v) is 10.4. The number of allylic oxidation sites excluding steroid dienone is 1. The molecular weight excluding hydrogens is 484 g/mol. The highest BCUT2D eigenvalue weighted by Crippen LogP contribution is 2.67. The summed E-state index contributed by atoms with van der Waals surface area (Å²) in [5.41, 5.74) is 2.00. The number of carbonyl (C=O) groups excluding carboxylic acids is 2. The Labute approximate surface area is 222 Å². The minimum absolute atomic E-state index is 0.0107. The van der Waals surface area contributed by atoms with Gasteiger partial charge in [-0.05, 0) is 49.2 Å². The van der Waals surface area contributed by atoms with Gasteiger partial charge in [-0.1, -0.05) is 29.8 Å². The first-order valence-electron chi connectivity index (χ1n) is 13.0. The van der Waals surface area contributed by atoms with E-state index in [1.54, 1.807) is 38.5 Å². The molecule has 8 nitrogen and oxygen atoms in total. The average Bonchev–Trinajstić information content (AvgIpc) is 3.31. The van der Waals surface area contributed by atoms with Gasteiger partial charge in [-0.25, -0.2) is 4.79 Å². The molecule has 38 heavy (non-hydrogen) atoms. The Hall–Kier alpha value is -3.49. The molecule has 0 amide bonds. The number of hydrogen-bond donors (Lipinski definition) is 0. The lowest BCUT2D eigenvalue weighted by molar-refractivity contribution is -0.182. The first kappa shape index (κ1) is 24.8. The molecule has 8 heteroatoms. The number of piperidine rings is 2. The van der Waals surface area contributed by atoms with Crippen molar-refractivity contribution in [2.45, 2.75) is 37.5 Å². The van der Waals surface area contributed by atoms with E-state index < -0.39 is 22.8 Å². The molecule has 0 N–H and O–H groups in total. The van der Waals surface area contributed by atoms with Crippen molar-refractivity contribution in [3.63, 3.8) is 0 Å². The number of benzene rings is 2. The Bertz CT molecular complexity index is 1350. The molecule has 3 fully saturated rings. The largest absolute Gasteiger partial charge is 0.497 e.